The number of hydrogen-bond donors (Lipinski definition) is 2. The van der Waals surface area contributed by atoms with Crippen LogP contribution < -0.4 is 4.72 Å². The second-order valence-corrected chi connectivity index (χ2v) is 7.72. The van der Waals surface area contributed by atoms with E-state index >= 15 is 0 Å². The van der Waals surface area contributed by atoms with Crippen molar-refractivity contribution < 1.29 is 13.5 Å². The number of fused-ring (bicyclic) bond motifs is 1. The minimum absolute atomic E-state index is 0.118. The number of pyridine rings is 1. The van der Waals surface area contributed by atoms with Gasteiger partial charge in [0.25, 0.3) is 0 Å². The molecule has 1 aromatic carbocycles. The van der Waals surface area contributed by atoms with Gasteiger partial charge in [-0.15, -0.1) is 0 Å². The molecule has 118 valence electrons. The largest absolute Gasteiger partial charge is 0.393 e. The first-order valence-electron chi connectivity index (χ1n) is 7.21. The molecule has 1 aliphatic carbocycles. The van der Waals surface area contributed by atoms with E-state index in [1.807, 2.05) is 0 Å². The molecule has 1 fully saturated rings. The van der Waals surface area contributed by atoms with Gasteiger partial charge in [-0.3, -0.25) is 0 Å². The number of nitrogens with one attached hydrogen (secondary N) is 1. The Morgan fingerprint density at radius 3 is 2.59 bits per heavy atom. The predicted molar refractivity (Wildman–Crippen MR) is 85.3 cm³/mol. The first kappa shape index (κ1) is 15.7. The van der Waals surface area contributed by atoms with E-state index in [0.29, 0.717) is 36.4 Å². The van der Waals surface area contributed by atoms with Crippen LogP contribution in [-0.2, 0) is 10.0 Å². The average molecular weight is 341 g/mol. The molecule has 0 spiro atoms. The number of aliphatic hydroxyl groups is 1. The fourth-order valence-electron chi connectivity index (χ4n) is 2.73. The van der Waals surface area contributed by atoms with E-state index in [4.69, 9.17) is 11.6 Å². The molecule has 1 aliphatic rings. The number of aromatic nitrogens is 1. The highest BCUT2D eigenvalue weighted by Gasteiger charge is 2.24. The van der Waals surface area contributed by atoms with Gasteiger partial charge in [0.1, 0.15) is 5.15 Å². The quantitative estimate of drug-likeness (QED) is 0.841. The summed E-state index contributed by atoms with van der Waals surface area (Å²) in [4.78, 5) is 4.36. The third kappa shape index (κ3) is 3.41. The number of halogens is 1. The molecule has 0 saturated heterocycles. The van der Waals surface area contributed by atoms with Gasteiger partial charge in [0.05, 0.1) is 16.5 Å². The van der Waals surface area contributed by atoms with Crippen LogP contribution >= 0.6 is 11.6 Å². The van der Waals surface area contributed by atoms with Crippen LogP contribution in [0, 0.1) is 0 Å². The highest BCUT2D eigenvalue weighted by Crippen LogP contribution is 2.23. The van der Waals surface area contributed by atoms with Crippen molar-refractivity contribution in [3.63, 3.8) is 0 Å². The standard InChI is InChI=1S/C15H17ClN2O3S/c16-15-8-1-10-9-13(6-7-14(10)17-15)22(20,21)18-11-2-4-12(19)5-3-11/h1,6-9,11-12,18-19H,2-5H2. The fourth-order valence-corrected chi connectivity index (χ4v) is 4.22. The molecule has 22 heavy (non-hydrogen) atoms. The van der Waals surface area contributed by atoms with Gasteiger partial charge in [0, 0.05) is 11.4 Å². The number of benzene rings is 1. The number of sulfonamides is 1. The van der Waals surface area contributed by atoms with Crippen LogP contribution in [0.5, 0.6) is 0 Å². The number of rotatable bonds is 3. The van der Waals surface area contributed by atoms with Gasteiger partial charge < -0.3 is 5.11 Å². The van der Waals surface area contributed by atoms with Crippen LogP contribution in [0.15, 0.2) is 35.2 Å². The van der Waals surface area contributed by atoms with E-state index in [9.17, 15) is 13.5 Å². The summed E-state index contributed by atoms with van der Waals surface area (Å²) >= 11 is 5.83. The maximum Gasteiger partial charge on any atom is 0.240 e. The molecule has 3 rings (SSSR count). The fraction of sp³-hybridized carbons (Fsp3) is 0.400. The summed E-state index contributed by atoms with van der Waals surface area (Å²) in [5.74, 6) is 0. The van der Waals surface area contributed by atoms with E-state index in [1.165, 1.54) is 6.07 Å². The average Bonchev–Trinajstić information content (AvgIpc) is 2.49. The molecule has 0 radical (unpaired) electrons. The van der Waals surface area contributed by atoms with Crippen LogP contribution in [0.2, 0.25) is 5.15 Å². The van der Waals surface area contributed by atoms with Gasteiger partial charge in [-0.2, -0.15) is 0 Å². The highest BCUT2D eigenvalue weighted by molar-refractivity contribution is 7.89. The van der Waals surface area contributed by atoms with Crippen LogP contribution in [-0.4, -0.2) is 30.7 Å². The molecule has 1 aromatic heterocycles. The van der Waals surface area contributed by atoms with E-state index < -0.39 is 10.0 Å². The summed E-state index contributed by atoms with van der Waals surface area (Å²) in [6, 6.07) is 8.05. The summed E-state index contributed by atoms with van der Waals surface area (Å²) in [7, 11) is -3.57. The third-order valence-electron chi connectivity index (χ3n) is 3.96. The summed E-state index contributed by atoms with van der Waals surface area (Å²) in [6.45, 7) is 0. The molecule has 1 saturated carbocycles. The zero-order chi connectivity index (χ0) is 15.7. The van der Waals surface area contributed by atoms with E-state index in [-0.39, 0.29) is 17.0 Å². The van der Waals surface area contributed by atoms with Crippen LogP contribution in [0.25, 0.3) is 10.9 Å². The topological polar surface area (TPSA) is 79.3 Å². The molecule has 0 amide bonds. The van der Waals surface area contributed by atoms with Gasteiger partial charge in [-0.1, -0.05) is 11.6 Å². The molecule has 2 aromatic rings. The van der Waals surface area contributed by atoms with Gasteiger partial charge in [-0.05, 0) is 56.0 Å². The molecule has 1 heterocycles. The lowest BCUT2D eigenvalue weighted by molar-refractivity contribution is 0.120. The number of aliphatic hydroxyl groups excluding tert-OH is 1. The molecular weight excluding hydrogens is 324 g/mol. The van der Waals surface area contributed by atoms with Crippen molar-refractivity contribution in [1.82, 2.24) is 9.71 Å². The number of nitrogens with zero attached hydrogens (tertiary/aromatic N) is 1. The van der Waals surface area contributed by atoms with Crippen LogP contribution in [0.3, 0.4) is 0 Å². The second-order valence-electron chi connectivity index (χ2n) is 5.62. The van der Waals surface area contributed by atoms with Crippen molar-refractivity contribution in [2.24, 2.45) is 0 Å². The molecule has 0 atom stereocenters. The Bertz CT molecular complexity index is 786. The van der Waals surface area contributed by atoms with Crippen LogP contribution in [0.1, 0.15) is 25.7 Å². The highest BCUT2D eigenvalue weighted by atomic mass is 35.5. The van der Waals surface area contributed by atoms with Crippen molar-refractivity contribution in [2.75, 3.05) is 0 Å². The first-order chi connectivity index (χ1) is 10.4. The van der Waals surface area contributed by atoms with Gasteiger partial charge in [-0.25, -0.2) is 18.1 Å². The Morgan fingerprint density at radius 1 is 1.14 bits per heavy atom. The lowest BCUT2D eigenvalue weighted by Gasteiger charge is -2.26. The Kier molecular flexibility index (Phi) is 4.36. The molecular formula is C15H17ClN2O3S. The van der Waals surface area contributed by atoms with Gasteiger partial charge >= 0.3 is 0 Å². The molecule has 0 unspecified atom stereocenters. The molecule has 7 heteroatoms. The minimum Gasteiger partial charge on any atom is -0.393 e. The van der Waals surface area contributed by atoms with E-state index in [0.717, 1.165) is 5.39 Å². The predicted octanol–water partition coefficient (Wildman–Crippen LogP) is 2.47. The summed E-state index contributed by atoms with van der Waals surface area (Å²) < 4.78 is 27.7. The van der Waals surface area contributed by atoms with Crippen LogP contribution in [0.4, 0.5) is 0 Å². The first-order valence-corrected chi connectivity index (χ1v) is 9.07. The maximum atomic E-state index is 12.5. The van der Waals surface area contributed by atoms with Crippen molar-refractivity contribution in [2.45, 2.75) is 42.7 Å². The van der Waals surface area contributed by atoms with E-state index in [2.05, 4.69) is 9.71 Å². The smallest absolute Gasteiger partial charge is 0.240 e. The Labute approximate surface area is 134 Å². The maximum absolute atomic E-state index is 12.5. The Hall–Kier alpha value is -1.21. The van der Waals surface area contributed by atoms with Crippen molar-refractivity contribution in [3.8, 4) is 0 Å². The molecule has 0 bridgehead atoms. The second kappa shape index (κ2) is 6.12. The Balaban J connectivity index is 1.84. The molecule has 0 aliphatic heterocycles. The Morgan fingerprint density at radius 2 is 1.86 bits per heavy atom. The van der Waals surface area contributed by atoms with Crippen molar-refractivity contribution in [1.29, 1.82) is 0 Å². The zero-order valence-corrected chi connectivity index (χ0v) is 13.4. The third-order valence-corrected chi connectivity index (χ3v) is 5.68. The van der Waals surface area contributed by atoms with Gasteiger partial charge in [0.15, 0.2) is 0 Å². The minimum atomic E-state index is -3.57. The number of hydrogen-bond acceptors (Lipinski definition) is 4. The molecule has 2 N–H and O–H groups in total. The lowest BCUT2D eigenvalue weighted by Crippen LogP contribution is -2.38. The summed E-state index contributed by atoms with van der Waals surface area (Å²) in [6.07, 6.45) is 2.27. The zero-order valence-electron chi connectivity index (χ0n) is 11.9. The van der Waals surface area contributed by atoms with Crippen molar-refractivity contribution >= 4 is 32.5 Å². The van der Waals surface area contributed by atoms with Gasteiger partial charge in [0.2, 0.25) is 10.0 Å². The monoisotopic (exact) mass is 340 g/mol. The van der Waals surface area contributed by atoms with Crippen molar-refractivity contribution in [3.05, 3.63) is 35.5 Å². The SMILES string of the molecule is O=S(=O)(NC1CCC(O)CC1)c1ccc2nc(Cl)ccc2c1. The molecule has 5 nitrogen and oxygen atoms in total. The summed E-state index contributed by atoms with van der Waals surface area (Å²) in [5.41, 5.74) is 0.659. The van der Waals surface area contributed by atoms with E-state index in [1.54, 1.807) is 24.3 Å². The normalized spacial score (nSPS) is 22.8. The lowest BCUT2D eigenvalue weighted by atomic mass is 9.94. The summed E-state index contributed by atoms with van der Waals surface area (Å²) in [5, 5.41) is 10.6.